The van der Waals surface area contributed by atoms with Crippen molar-refractivity contribution < 1.29 is 6.85 Å². The van der Waals surface area contributed by atoms with Gasteiger partial charge in [0.15, 0.2) is 0 Å². The maximum atomic E-state index is 10.0. The number of para-hydroxylation sites is 2. The van der Waals surface area contributed by atoms with Gasteiger partial charge in [-0.05, 0) is 238 Å². The van der Waals surface area contributed by atoms with E-state index < -0.39 is 12.8 Å². The van der Waals surface area contributed by atoms with Crippen LogP contribution in [0.1, 0.15) is 270 Å². The third-order valence-corrected chi connectivity index (χ3v) is 27.9. The minimum atomic E-state index is -0.533. The Hall–Kier alpha value is -11.7. The van der Waals surface area contributed by atoms with E-state index in [0.717, 1.165) is 139 Å². The number of anilines is 6. The number of hydrogen-bond acceptors (Lipinski definition) is 2. The van der Waals surface area contributed by atoms with Crippen LogP contribution in [0, 0.1) is 0 Å². The Balaban J connectivity index is 1.11. The second-order valence-corrected chi connectivity index (χ2v) is 47.7. The van der Waals surface area contributed by atoms with Gasteiger partial charge in [-0.2, -0.15) is 0 Å². The molecule has 0 unspecified atom stereocenters. The zero-order chi connectivity index (χ0) is 96.6. The van der Waals surface area contributed by atoms with Crippen molar-refractivity contribution in [2.24, 2.45) is 0 Å². The summed E-state index contributed by atoms with van der Waals surface area (Å²) in [5, 5.41) is 4.72. The maximum Gasteiger partial charge on any atom is 0.252 e. The molecule has 0 fully saturated rings. The molecule has 2 aromatic heterocycles. The first-order chi connectivity index (χ1) is 62.4. The van der Waals surface area contributed by atoms with Gasteiger partial charge in [-0.3, -0.25) is 0 Å². The van der Waals surface area contributed by atoms with E-state index in [9.17, 15) is 5.48 Å². The zero-order valence-electron chi connectivity index (χ0n) is 87.5. The number of benzene rings is 14. The largest absolute Gasteiger partial charge is 0.310 e. The Labute approximate surface area is 779 Å². The van der Waals surface area contributed by atoms with Crippen molar-refractivity contribution >= 4 is 101 Å². The van der Waals surface area contributed by atoms with Crippen molar-refractivity contribution in [2.75, 3.05) is 9.80 Å². The monoisotopic (exact) mass is 1700 g/mol. The molecule has 654 valence electrons. The lowest BCUT2D eigenvalue weighted by Crippen LogP contribution is -2.61. The Morgan fingerprint density at radius 3 is 0.868 bits per heavy atom. The lowest BCUT2D eigenvalue weighted by atomic mass is 9.33. The highest BCUT2D eigenvalue weighted by atomic mass is 15.2. The molecule has 0 spiro atoms. The summed E-state index contributed by atoms with van der Waals surface area (Å²) in [6.45, 7) is 69.2. The SMILES string of the molecule is [2H]c1c([2H])c([2H])c(-c2ccc3c(c2)N(c2c(-c4ccc(C(C)(C)C)cc4)cccc2-c2ccc(C(C)(C)C)cc2C(C)(C)C)c2cc(-n4c5ccc(C(C)(C)C)cc5c5cc(C(C)(C)C)ccc54)cc4c2B3c2ccc(-n3c5ccc(C(C)(C)C)cc5c5cc(C(C)(C)C)ccc53)cc2N4c2c(-c3ccc(C(C)(C)C)cc3)cccc2-c2ccc(C(C)(C)C)cc2C(C)(C)C)c([2H])c1[2H]. The molecule has 129 heavy (non-hydrogen) atoms. The first-order valence-electron chi connectivity index (χ1n) is 49.5. The van der Waals surface area contributed by atoms with Crippen LogP contribution in [0.5, 0.6) is 0 Å². The van der Waals surface area contributed by atoms with Crippen LogP contribution >= 0.6 is 0 Å². The number of nitrogens with zero attached hydrogens (tertiary/aromatic N) is 4. The molecule has 0 radical (unpaired) electrons. The molecule has 0 aliphatic carbocycles. The molecule has 14 aromatic carbocycles. The summed E-state index contributed by atoms with van der Waals surface area (Å²) < 4.78 is 53.2. The molecule has 5 heteroatoms. The molecular formula is C124H135BN4. The lowest BCUT2D eigenvalue weighted by molar-refractivity contribution is 0.569. The van der Waals surface area contributed by atoms with E-state index >= 15 is 0 Å². The van der Waals surface area contributed by atoms with Crippen LogP contribution in [0.3, 0.4) is 0 Å². The third kappa shape index (κ3) is 15.6. The van der Waals surface area contributed by atoms with Crippen LogP contribution in [-0.2, 0) is 54.1 Å². The molecule has 0 saturated carbocycles. The summed E-state index contributed by atoms with van der Waals surface area (Å²) in [5.74, 6) is 0. The van der Waals surface area contributed by atoms with Gasteiger partial charge in [0.1, 0.15) is 0 Å². The summed E-state index contributed by atoms with van der Waals surface area (Å²) in [6, 6.07) is 93.1. The number of rotatable bonds is 9. The first kappa shape index (κ1) is 81.8. The molecular weight excluding hydrogens is 1560 g/mol. The quantitative estimate of drug-likeness (QED) is 0.134. The summed E-state index contributed by atoms with van der Waals surface area (Å²) >= 11 is 0. The molecule has 4 heterocycles. The van der Waals surface area contributed by atoms with Gasteiger partial charge in [0.25, 0.3) is 6.71 Å². The van der Waals surface area contributed by atoms with Gasteiger partial charge in [0.2, 0.25) is 0 Å². The second-order valence-electron chi connectivity index (χ2n) is 47.7. The molecule has 2 aliphatic rings. The first-order valence-corrected chi connectivity index (χ1v) is 47.0. The van der Waals surface area contributed by atoms with Crippen LogP contribution in [0.15, 0.2) is 273 Å². The maximum absolute atomic E-state index is 10.0. The molecule has 0 amide bonds. The zero-order valence-corrected chi connectivity index (χ0v) is 82.5. The summed E-state index contributed by atoms with van der Waals surface area (Å²) in [6.07, 6.45) is 0. The Morgan fingerprint density at radius 1 is 0.225 bits per heavy atom. The highest BCUT2D eigenvalue weighted by Gasteiger charge is 2.47. The van der Waals surface area contributed by atoms with Crippen LogP contribution in [0.2, 0.25) is 0 Å². The molecule has 0 saturated heterocycles. The molecule has 0 N–H and O–H groups in total. The minimum absolute atomic E-state index is 0.132. The van der Waals surface area contributed by atoms with E-state index in [-0.39, 0.29) is 83.9 Å². The normalized spacial score (nSPS) is 14.3. The van der Waals surface area contributed by atoms with Crippen molar-refractivity contribution in [3.05, 3.63) is 329 Å². The number of hydrogen-bond donors (Lipinski definition) is 0. The van der Waals surface area contributed by atoms with Crippen LogP contribution in [0.25, 0.3) is 111 Å². The molecule has 18 rings (SSSR count). The predicted molar refractivity (Wildman–Crippen MR) is 563 cm³/mol. The van der Waals surface area contributed by atoms with Gasteiger partial charge >= 0.3 is 0 Å². The lowest BCUT2D eigenvalue weighted by Gasteiger charge is -2.46. The van der Waals surface area contributed by atoms with Crippen molar-refractivity contribution in [3.63, 3.8) is 0 Å². The molecule has 16 aromatic rings. The van der Waals surface area contributed by atoms with Gasteiger partial charge in [-0.25, -0.2) is 0 Å². The third-order valence-electron chi connectivity index (χ3n) is 27.9. The smallest absolute Gasteiger partial charge is 0.252 e. The van der Waals surface area contributed by atoms with E-state index in [1.54, 1.807) is 0 Å². The minimum Gasteiger partial charge on any atom is -0.310 e. The average Bonchev–Trinajstić information content (AvgIpc) is 0.813. The predicted octanol–water partition coefficient (Wildman–Crippen LogP) is 33.3. The van der Waals surface area contributed by atoms with Gasteiger partial charge in [-0.1, -0.05) is 402 Å². The highest BCUT2D eigenvalue weighted by molar-refractivity contribution is 7.00. The fourth-order valence-electron chi connectivity index (χ4n) is 20.2. The fraction of sp³-hybridized carbons (Fsp3) is 0.323. The van der Waals surface area contributed by atoms with Crippen molar-refractivity contribution in [1.29, 1.82) is 0 Å². The fourth-order valence-corrected chi connectivity index (χ4v) is 20.2. The van der Waals surface area contributed by atoms with Crippen LogP contribution < -0.4 is 26.2 Å². The Morgan fingerprint density at radius 2 is 0.519 bits per heavy atom. The molecule has 0 bridgehead atoms. The second kappa shape index (κ2) is 30.5. The summed E-state index contributed by atoms with van der Waals surface area (Å²) in [5.41, 5.74) is 34.6. The van der Waals surface area contributed by atoms with Crippen molar-refractivity contribution in [1.82, 2.24) is 9.13 Å². The van der Waals surface area contributed by atoms with E-state index in [0.29, 0.717) is 5.56 Å². The Bertz CT molecular complexity index is 7330. The van der Waals surface area contributed by atoms with Gasteiger partial charge in [0.05, 0.1) is 46.0 Å². The van der Waals surface area contributed by atoms with Gasteiger partial charge in [-0.15, -0.1) is 0 Å². The molecule has 2 aliphatic heterocycles. The van der Waals surface area contributed by atoms with Crippen LogP contribution in [-0.4, -0.2) is 15.8 Å². The van der Waals surface area contributed by atoms with Crippen molar-refractivity contribution in [3.8, 4) is 67.0 Å². The standard InChI is InChI=1S/C124H135BN4/c1-115(2,3)80-47-42-77(43-48-80)90-38-34-40-94(92-58-51-86(121(19,20)21)71-100(92)123(25,26)27)113(90)128-108-66-79(76-36-32-31-33-37-76)46-60-102(108)125-103-61-57-88(126-104-62-53-82(117(7,8)9)67-96(104)97-68-83(118(10,11)12)54-63-105(97)126)73-109(103)129(111-75-89(74-110(128)112(111)125)127-106-64-55-84(119(13,14)15)69-98(106)99-70-85(120(16,17)18)56-65-107(99)127)114-91(78-44-49-81(50-45-78)116(4,5)6)39-35-41-95(114)93-59-52-87(122(22,23)24)72-101(93)124(28,29)30/h31-75H,1-30H3/i31D,32D,33D,36D,37D. The van der Waals surface area contributed by atoms with E-state index in [1.165, 1.54) is 66.4 Å². The summed E-state index contributed by atoms with van der Waals surface area (Å²) in [4.78, 5) is 5.30. The number of aromatic nitrogens is 2. The topological polar surface area (TPSA) is 16.3 Å². The number of fused-ring (bicyclic) bond motifs is 10. The van der Waals surface area contributed by atoms with E-state index in [4.69, 9.17) is 1.37 Å². The van der Waals surface area contributed by atoms with Crippen molar-refractivity contribution in [2.45, 2.75) is 262 Å². The molecule has 4 nitrogen and oxygen atoms in total. The van der Waals surface area contributed by atoms with Gasteiger partial charge < -0.3 is 18.9 Å². The van der Waals surface area contributed by atoms with Gasteiger partial charge in [0, 0.05) is 72.2 Å². The molecule has 0 atom stereocenters. The average molecular weight is 1700 g/mol. The Kier molecular flexibility index (Phi) is 19.3. The summed E-state index contributed by atoms with van der Waals surface area (Å²) in [7, 11) is 0. The highest BCUT2D eigenvalue weighted by Crippen LogP contribution is 2.57. The van der Waals surface area contributed by atoms with Crippen LogP contribution in [0.4, 0.5) is 34.1 Å². The van der Waals surface area contributed by atoms with E-state index in [1.807, 2.05) is 6.07 Å². The van der Waals surface area contributed by atoms with E-state index in [2.05, 4.69) is 463 Å².